The molecule has 0 bridgehead atoms. The Hall–Kier alpha value is -2.97. The molecule has 8 heteroatoms. The number of nitrogens with zero attached hydrogens (tertiary/aromatic N) is 3. The van der Waals surface area contributed by atoms with Gasteiger partial charge in [0.05, 0.1) is 16.3 Å². The van der Waals surface area contributed by atoms with Gasteiger partial charge in [0, 0.05) is 30.0 Å². The number of hydrogen-bond donors (Lipinski definition) is 1. The number of piperidine rings is 1. The number of hydrogen-bond acceptors (Lipinski definition) is 4. The Kier molecular flexibility index (Phi) is 6.17. The van der Waals surface area contributed by atoms with Crippen molar-refractivity contribution in [3.8, 4) is 5.69 Å². The quantitative estimate of drug-likeness (QED) is 0.628. The average Bonchev–Trinajstić information content (AvgIpc) is 3.13. The van der Waals surface area contributed by atoms with Crippen LogP contribution in [0.1, 0.15) is 46.6 Å². The summed E-state index contributed by atoms with van der Waals surface area (Å²) in [7, 11) is -3.57. The third-order valence-corrected chi connectivity index (χ3v) is 7.69. The van der Waals surface area contributed by atoms with Crippen molar-refractivity contribution >= 4 is 21.6 Å². The molecule has 4 rings (SSSR count). The van der Waals surface area contributed by atoms with Crippen LogP contribution in [0.4, 0.5) is 5.69 Å². The van der Waals surface area contributed by atoms with Crippen LogP contribution >= 0.6 is 0 Å². The van der Waals surface area contributed by atoms with Gasteiger partial charge in [0.25, 0.3) is 5.91 Å². The number of benzene rings is 2. The lowest BCUT2D eigenvalue weighted by Gasteiger charge is -2.26. The number of anilines is 1. The lowest BCUT2D eigenvalue weighted by Crippen LogP contribution is -2.35. The van der Waals surface area contributed by atoms with E-state index in [2.05, 4.69) is 10.4 Å². The highest BCUT2D eigenvalue weighted by atomic mass is 32.2. The van der Waals surface area contributed by atoms with E-state index in [1.807, 2.05) is 43.7 Å². The van der Waals surface area contributed by atoms with Crippen LogP contribution in [-0.2, 0) is 10.0 Å². The highest BCUT2D eigenvalue weighted by Gasteiger charge is 2.26. The summed E-state index contributed by atoms with van der Waals surface area (Å²) in [5.74, 6) is -0.291. The van der Waals surface area contributed by atoms with Crippen LogP contribution in [0.25, 0.3) is 5.69 Å². The van der Waals surface area contributed by atoms with Crippen molar-refractivity contribution in [2.45, 2.75) is 44.9 Å². The minimum Gasteiger partial charge on any atom is -0.322 e. The van der Waals surface area contributed by atoms with Gasteiger partial charge in [-0.3, -0.25) is 4.79 Å². The number of carbonyl (C=O) groups is 1. The van der Waals surface area contributed by atoms with E-state index in [1.54, 1.807) is 30.3 Å². The molecule has 7 nitrogen and oxygen atoms in total. The summed E-state index contributed by atoms with van der Waals surface area (Å²) in [6, 6.07) is 14.1. The molecule has 32 heavy (non-hydrogen) atoms. The summed E-state index contributed by atoms with van der Waals surface area (Å²) >= 11 is 0. The molecular weight excluding hydrogens is 424 g/mol. The molecule has 1 N–H and O–H groups in total. The first-order valence-corrected chi connectivity index (χ1v) is 12.3. The molecule has 0 saturated carbocycles. The number of carbonyl (C=O) groups excluding carboxylic acids is 1. The zero-order chi connectivity index (χ0) is 22.9. The fourth-order valence-electron chi connectivity index (χ4n) is 3.99. The summed E-state index contributed by atoms with van der Waals surface area (Å²) in [6.45, 7) is 6.85. The van der Waals surface area contributed by atoms with Crippen LogP contribution in [0, 0.1) is 20.8 Å². The van der Waals surface area contributed by atoms with E-state index >= 15 is 0 Å². The van der Waals surface area contributed by atoms with Gasteiger partial charge in [-0.25, -0.2) is 13.1 Å². The van der Waals surface area contributed by atoms with Crippen LogP contribution in [0.15, 0.2) is 53.4 Å². The van der Waals surface area contributed by atoms with Gasteiger partial charge in [-0.15, -0.1) is 0 Å². The van der Waals surface area contributed by atoms with E-state index in [1.165, 1.54) is 4.31 Å². The molecule has 1 saturated heterocycles. The van der Waals surface area contributed by atoms with Gasteiger partial charge in [-0.1, -0.05) is 12.5 Å². The molecule has 0 spiro atoms. The molecule has 0 atom stereocenters. The first-order chi connectivity index (χ1) is 15.3. The number of amides is 1. The van der Waals surface area contributed by atoms with Crippen LogP contribution in [-0.4, -0.2) is 41.5 Å². The lowest BCUT2D eigenvalue weighted by atomic mass is 10.1. The molecule has 3 aromatic rings. The summed E-state index contributed by atoms with van der Waals surface area (Å²) in [4.78, 5) is 13.1. The van der Waals surface area contributed by atoms with Crippen LogP contribution in [0.2, 0.25) is 0 Å². The van der Waals surface area contributed by atoms with E-state index in [0.717, 1.165) is 41.9 Å². The summed E-state index contributed by atoms with van der Waals surface area (Å²) < 4.78 is 29.4. The van der Waals surface area contributed by atoms with Crippen LogP contribution in [0.3, 0.4) is 0 Å². The van der Waals surface area contributed by atoms with Crippen LogP contribution in [0.5, 0.6) is 0 Å². The maximum atomic E-state index is 13.0. The van der Waals surface area contributed by atoms with Gasteiger partial charge < -0.3 is 5.32 Å². The largest absolute Gasteiger partial charge is 0.322 e. The van der Waals surface area contributed by atoms with Crippen molar-refractivity contribution in [3.63, 3.8) is 0 Å². The molecule has 1 aliphatic heterocycles. The predicted molar refractivity (Wildman–Crippen MR) is 125 cm³/mol. The van der Waals surface area contributed by atoms with Crippen LogP contribution < -0.4 is 5.32 Å². The molecule has 1 aromatic heterocycles. The maximum Gasteiger partial charge on any atom is 0.255 e. The van der Waals surface area contributed by atoms with Gasteiger partial charge in [0.1, 0.15) is 0 Å². The fourth-order valence-corrected chi connectivity index (χ4v) is 5.53. The van der Waals surface area contributed by atoms with E-state index in [-0.39, 0.29) is 10.8 Å². The smallest absolute Gasteiger partial charge is 0.255 e. The number of rotatable bonds is 5. The Morgan fingerprint density at radius 3 is 2.25 bits per heavy atom. The summed E-state index contributed by atoms with van der Waals surface area (Å²) in [5.41, 5.74) is 4.60. The molecule has 2 aromatic carbocycles. The average molecular weight is 453 g/mol. The predicted octanol–water partition coefficient (Wildman–Crippen LogP) is 4.22. The Morgan fingerprint density at radius 1 is 0.938 bits per heavy atom. The third-order valence-electron chi connectivity index (χ3n) is 5.79. The minimum absolute atomic E-state index is 0.208. The third kappa shape index (κ3) is 4.47. The Labute approximate surface area is 189 Å². The second kappa shape index (κ2) is 8.88. The van der Waals surface area contributed by atoms with Crippen molar-refractivity contribution in [1.82, 2.24) is 14.1 Å². The zero-order valence-corrected chi connectivity index (χ0v) is 19.4. The zero-order valence-electron chi connectivity index (χ0n) is 18.6. The molecule has 168 valence electrons. The van der Waals surface area contributed by atoms with Crippen molar-refractivity contribution < 1.29 is 13.2 Å². The van der Waals surface area contributed by atoms with Crippen molar-refractivity contribution in [2.75, 3.05) is 18.4 Å². The first-order valence-electron chi connectivity index (χ1n) is 10.8. The molecule has 1 fully saturated rings. The van der Waals surface area contributed by atoms with Crippen molar-refractivity contribution in [2.24, 2.45) is 0 Å². The highest BCUT2D eigenvalue weighted by Crippen LogP contribution is 2.25. The normalized spacial score (nSPS) is 15.0. The second-order valence-electron chi connectivity index (χ2n) is 8.28. The maximum absolute atomic E-state index is 13.0. The van der Waals surface area contributed by atoms with Crippen molar-refractivity contribution in [1.29, 1.82) is 0 Å². The van der Waals surface area contributed by atoms with E-state index in [9.17, 15) is 13.2 Å². The van der Waals surface area contributed by atoms with Gasteiger partial charge in [0.15, 0.2) is 0 Å². The topological polar surface area (TPSA) is 84.3 Å². The fraction of sp³-hybridized carbons (Fsp3) is 0.333. The summed E-state index contributed by atoms with van der Waals surface area (Å²) in [6.07, 6.45) is 2.81. The minimum atomic E-state index is -3.57. The molecule has 0 radical (unpaired) electrons. The number of aromatic nitrogens is 2. The Balaban J connectivity index is 1.54. The van der Waals surface area contributed by atoms with Gasteiger partial charge in [-0.2, -0.15) is 9.40 Å². The second-order valence-corrected chi connectivity index (χ2v) is 10.2. The number of sulfonamides is 1. The van der Waals surface area contributed by atoms with E-state index in [4.69, 9.17) is 0 Å². The number of aryl methyl sites for hydroxylation is 3. The molecule has 0 unspecified atom stereocenters. The monoisotopic (exact) mass is 452 g/mol. The molecular formula is C24H28N4O3S. The van der Waals surface area contributed by atoms with Gasteiger partial charge >= 0.3 is 0 Å². The molecule has 1 aliphatic rings. The standard InChI is InChI=1S/C24H28N4O3S/c1-17-7-12-22(32(30,31)27-13-5-4-6-14-27)16-23(17)25-24(29)20-8-10-21(11-9-20)28-19(3)15-18(2)26-28/h7-12,15-16H,4-6,13-14H2,1-3H3,(H,25,29). The Morgan fingerprint density at radius 2 is 1.62 bits per heavy atom. The highest BCUT2D eigenvalue weighted by molar-refractivity contribution is 7.89. The van der Waals surface area contributed by atoms with Gasteiger partial charge in [0.2, 0.25) is 10.0 Å². The van der Waals surface area contributed by atoms with Crippen molar-refractivity contribution in [3.05, 3.63) is 71.0 Å². The first kappa shape index (κ1) is 22.2. The lowest BCUT2D eigenvalue weighted by molar-refractivity contribution is 0.102. The SMILES string of the molecule is Cc1cc(C)n(-c2ccc(C(=O)Nc3cc(S(=O)(=O)N4CCCCC4)ccc3C)cc2)n1. The molecule has 1 amide bonds. The van der Waals surface area contributed by atoms with E-state index in [0.29, 0.717) is 24.3 Å². The van der Waals surface area contributed by atoms with Gasteiger partial charge in [-0.05, 0) is 81.6 Å². The molecule has 2 heterocycles. The Bertz CT molecular complexity index is 1240. The number of nitrogens with one attached hydrogen (secondary N) is 1. The summed E-state index contributed by atoms with van der Waals surface area (Å²) in [5, 5.41) is 7.33. The molecule has 0 aliphatic carbocycles. The van der Waals surface area contributed by atoms with E-state index < -0.39 is 10.0 Å².